The summed E-state index contributed by atoms with van der Waals surface area (Å²) in [5.41, 5.74) is 1.33. The van der Waals surface area contributed by atoms with Gasteiger partial charge in [-0.2, -0.15) is 0 Å². The molecule has 0 N–H and O–H groups in total. The summed E-state index contributed by atoms with van der Waals surface area (Å²) in [6, 6.07) is 12.5. The van der Waals surface area contributed by atoms with Gasteiger partial charge >= 0.3 is 0 Å². The van der Waals surface area contributed by atoms with Crippen molar-refractivity contribution >= 4 is 54.2 Å². The van der Waals surface area contributed by atoms with Gasteiger partial charge in [0.25, 0.3) is 5.91 Å². The monoisotopic (exact) mass is 463 g/mol. The van der Waals surface area contributed by atoms with Gasteiger partial charge in [-0.25, -0.2) is 13.4 Å². The molecule has 0 unspecified atom stereocenters. The Morgan fingerprint density at radius 2 is 1.87 bits per heavy atom. The van der Waals surface area contributed by atoms with Gasteiger partial charge in [0, 0.05) is 24.2 Å². The molecule has 3 rings (SSSR count). The predicted octanol–water partition coefficient (Wildman–Crippen LogP) is 4.02. The molecule has 160 valence electrons. The van der Waals surface area contributed by atoms with Crippen LogP contribution in [0.1, 0.15) is 17.3 Å². The van der Waals surface area contributed by atoms with Crippen molar-refractivity contribution in [1.82, 2.24) is 9.88 Å². The lowest BCUT2D eigenvalue weighted by Crippen LogP contribution is -2.37. The highest BCUT2D eigenvalue weighted by Crippen LogP contribution is 2.32. The zero-order chi connectivity index (χ0) is 21.9. The number of hydrogen-bond acceptors (Lipinski definition) is 7. The number of likely N-dealkylation sites (N-methyl/N-ethyl adjacent to an activating group) is 1. The highest BCUT2D eigenvalue weighted by Gasteiger charge is 2.24. The van der Waals surface area contributed by atoms with Crippen LogP contribution >= 0.6 is 23.1 Å². The Balaban J connectivity index is 2.04. The average Bonchev–Trinajstić information content (AvgIpc) is 3.10. The molecule has 0 atom stereocenters. The van der Waals surface area contributed by atoms with E-state index in [1.54, 1.807) is 34.9 Å². The van der Waals surface area contributed by atoms with E-state index in [4.69, 9.17) is 0 Å². The molecule has 0 radical (unpaired) electrons. The number of sulfone groups is 1. The molecule has 0 aliphatic heterocycles. The predicted molar refractivity (Wildman–Crippen MR) is 126 cm³/mol. The van der Waals surface area contributed by atoms with Gasteiger partial charge in [0.2, 0.25) is 0 Å². The number of thiazole rings is 1. The van der Waals surface area contributed by atoms with Gasteiger partial charge in [-0.3, -0.25) is 9.69 Å². The normalized spacial score (nSPS) is 11.9. The number of carbonyl (C=O) groups is 1. The molecule has 0 saturated heterocycles. The first-order chi connectivity index (χ1) is 14.2. The zero-order valence-corrected chi connectivity index (χ0v) is 19.9. The Morgan fingerprint density at radius 3 is 2.53 bits per heavy atom. The van der Waals surface area contributed by atoms with Crippen LogP contribution in [0.5, 0.6) is 0 Å². The third-order valence-corrected chi connectivity index (χ3v) is 7.55. The number of carbonyl (C=O) groups excluding carboxylic acids is 1. The zero-order valence-electron chi connectivity index (χ0n) is 17.5. The summed E-state index contributed by atoms with van der Waals surface area (Å²) in [7, 11) is 0.608. The van der Waals surface area contributed by atoms with Gasteiger partial charge in [0.05, 0.1) is 20.7 Å². The molecule has 30 heavy (non-hydrogen) atoms. The van der Waals surface area contributed by atoms with Crippen LogP contribution in [0.2, 0.25) is 0 Å². The number of rotatable bonds is 8. The molecule has 0 fully saturated rings. The quantitative estimate of drug-likeness (QED) is 0.470. The molecule has 0 bridgehead atoms. The minimum absolute atomic E-state index is 0.101. The standard InChI is InChI=1S/C21H25N3O3S3/c1-5-28-18-9-7-6-8-16(18)20(25)24(13-12-23(2)3)21-22-17-11-10-15(30(4,26)27)14-19(17)29-21/h6-11,14H,5,12-13H2,1-4H3. The van der Waals surface area contributed by atoms with Crippen molar-refractivity contribution in [2.75, 3.05) is 44.1 Å². The van der Waals surface area contributed by atoms with E-state index in [1.807, 2.05) is 43.3 Å². The van der Waals surface area contributed by atoms with Gasteiger partial charge in [0.15, 0.2) is 15.0 Å². The van der Waals surface area contributed by atoms with E-state index < -0.39 is 9.84 Å². The molecular formula is C21H25N3O3S3. The van der Waals surface area contributed by atoms with Crippen LogP contribution in [-0.4, -0.2) is 63.4 Å². The van der Waals surface area contributed by atoms with E-state index in [9.17, 15) is 13.2 Å². The molecule has 0 saturated carbocycles. The van der Waals surface area contributed by atoms with Crippen molar-refractivity contribution in [3.8, 4) is 0 Å². The highest BCUT2D eigenvalue weighted by atomic mass is 32.2. The van der Waals surface area contributed by atoms with Crippen LogP contribution in [0.15, 0.2) is 52.3 Å². The smallest absolute Gasteiger partial charge is 0.261 e. The van der Waals surface area contributed by atoms with Crippen molar-refractivity contribution < 1.29 is 13.2 Å². The molecule has 2 aromatic carbocycles. The van der Waals surface area contributed by atoms with E-state index >= 15 is 0 Å². The second-order valence-electron chi connectivity index (χ2n) is 7.09. The van der Waals surface area contributed by atoms with Crippen LogP contribution in [0.4, 0.5) is 5.13 Å². The third kappa shape index (κ3) is 5.21. The van der Waals surface area contributed by atoms with Gasteiger partial charge in [-0.1, -0.05) is 30.4 Å². The summed E-state index contributed by atoms with van der Waals surface area (Å²) in [5.74, 6) is 0.771. The van der Waals surface area contributed by atoms with Crippen molar-refractivity contribution in [1.29, 1.82) is 0 Å². The largest absolute Gasteiger partial charge is 0.308 e. The molecule has 0 spiro atoms. The molecule has 1 aromatic heterocycles. The maximum atomic E-state index is 13.5. The van der Waals surface area contributed by atoms with Crippen molar-refractivity contribution in [2.24, 2.45) is 0 Å². The first-order valence-electron chi connectivity index (χ1n) is 9.49. The molecule has 0 aliphatic rings. The number of benzene rings is 2. The van der Waals surface area contributed by atoms with Gasteiger partial charge in [-0.15, -0.1) is 11.8 Å². The number of hydrogen-bond donors (Lipinski definition) is 0. The van der Waals surface area contributed by atoms with Crippen LogP contribution in [0.3, 0.4) is 0 Å². The van der Waals surface area contributed by atoms with Crippen molar-refractivity contribution in [2.45, 2.75) is 16.7 Å². The van der Waals surface area contributed by atoms with E-state index in [2.05, 4.69) is 11.9 Å². The van der Waals surface area contributed by atoms with E-state index in [0.29, 0.717) is 29.3 Å². The second kappa shape index (κ2) is 9.47. The maximum absolute atomic E-state index is 13.5. The SMILES string of the molecule is CCSc1ccccc1C(=O)N(CCN(C)C)c1nc2ccc(S(C)(=O)=O)cc2s1. The van der Waals surface area contributed by atoms with Crippen LogP contribution in [-0.2, 0) is 9.84 Å². The molecule has 9 heteroatoms. The lowest BCUT2D eigenvalue weighted by molar-refractivity contribution is 0.0982. The fourth-order valence-corrected chi connectivity index (χ4v) is 5.44. The Labute approximate surface area is 185 Å². The Kier molecular flexibility index (Phi) is 7.18. The Hall–Kier alpha value is -1.94. The lowest BCUT2D eigenvalue weighted by atomic mass is 10.2. The van der Waals surface area contributed by atoms with Crippen molar-refractivity contribution in [3.63, 3.8) is 0 Å². The van der Waals surface area contributed by atoms with E-state index in [-0.39, 0.29) is 10.8 Å². The molecular weight excluding hydrogens is 438 g/mol. The minimum atomic E-state index is -3.31. The highest BCUT2D eigenvalue weighted by molar-refractivity contribution is 7.99. The van der Waals surface area contributed by atoms with Gasteiger partial charge in [0.1, 0.15) is 0 Å². The Bertz CT molecular complexity index is 1160. The van der Waals surface area contributed by atoms with Crippen LogP contribution < -0.4 is 4.90 Å². The summed E-state index contributed by atoms with van der Waals surface area (Å²) in [5, 5.41) is 0.568. The first kappa shape index (κ1) is 22.7. The molecule has 0 aliphatic carbocycles. The lowest BCUT2D eigenvalue weighted by Gasteiger charge is -2.23. The fraction of sp³-hybridized carbons (Fsp3) is 0.333. The molecule has 1 heterocycles. The molecule has 6 nitrogen and oxygen atoms in total. The fourth-order valence-electron chi connectivity index (χ4n) is 2.89. The summed E-state index contributed by atoms with van der Waals surface area (Å²) in [6.07, 6.45) is 1.19. The number of nitrogens with zero attached hydrogens (tertiary/aromatic N) is 3. The average molecular weight is 464 g/mol. The number of aromatic nitrogens is 1. The van der Waals surface area contributed by atoms with E-state index in [0.717, 1.165) is 15.3 Å². The number of amides is 1. The summed E-state index contributed by atoms with van der Waals surface area (Å²) >= 11 is 2.97. The molecule has 3 aromatic rings. The van der Waals surface area contributed by atoms with Gasteiger partial charge < -0.3 is 4.90 Å². The third-order valence-electron chi connectivity index (χ3n) is 4.44. The van der Waals surface area contributed by atoms with Crippen LogP contribution in [0.25, 0.3) is 10.2 Å². The number of thioether (sulfide) groups is 1. The van der Waals surface area contributed by atoms with Gasteiger partial charge in [-0.05, 0) is 50.2 Å². The molecule has 1 amide bonds. The minimum Gasteiger partial charge on any atom is -0.308 e. The maximum Gasteiger partial charge on any atom is 0.261 e. The second-order valence-corrected chi connectivity index (χ2v) is 11.4. The van der Waals surface area contributed by atoms with Crippen molar-refractivity contribution in [3.05, 3.63) is 48.0 Å². The first-order valence-corrected chi connectivity index (χ1v) is 13.2. The van der Waals surface area contributed by atoms with E-state index in [1.165, 1.54) is 17.6 Å². The summed E-state index contributed by atoms with van der Waals surface area (Å²) in [4.78, 5) is 23.1. The summed E-state index contributed by atoms with van der Waals surface area (Å²) in [6.45, 7) is 3.22. The number of fused-ring (bicyclic) bond motifs is 1. The Morgan fingerprint density at radius 1 is 1.13 bits per heavy atom. The topological polar surface area (TPSA) is 70.6 Å². The van der Waals surface area contributed by atoms with Crippen LogP contribution in [0, 0.1) is 0 Å². The number of anilines is 1. The summed E-state index contributed by atoms with van der Waals surface area (Å²) < 4.78 is 24.5.